The number of rotatable bonds is 6. The number of nitrogens with zero attached hydrogens (tertiary/aromatic N) is 1. The Balaban J connectivity index is 1.90. The smallest absolute Gasteiger partial charge is 0.165 e. The Morgan fingerprint density at radius 3 is 2.90 bits per heavy atom. The average molecular weight is 274 g/mol. The van der Waals surface area contributed by atoms with Crippen molar-refractivity contribution in [3.8, 4) is 5.75 Å². The van der Waals surface area contributed by atoms with Crippen molar-refractivity contribution < 1.29 is 9.13 Å². The fourth-order valence-electron chi connectivity index (χ4n) is 2.04. The SMILES string of the molecule is COc1cc(C(C)NCCc2cccnc2)ccc1F. The van der Waals surface area contributed by atoms with Gasteiger partial charge in [0.15, 0.2) is 11.6 Å². The van der Waals surface area contributed by atoms with E-state index in [1.165, 1.54) is 18.7 Å². The minimum atomic E-state index is -0.334. The van der Waals surface area contributed by atoms with Crippen LogP contribution in [0.15, 0.2) is 42.7 Å². The number of halogens is 1. The Kier molecular flexibility index (Phi) is 5.07. The third kappa shape index (κ3) is 3.78. The number of hydrogen-bond donors (Lipinski definition) is 1. The molecule has 4 heteroatoms. The predicted molar refractivity (Wildman–Crippen MR) is 77.3 cm³/mol. The van der Waals surface area contributed by atoms with Gasteiger partial charge in [0.1, 0.15) is 0 Å². The fourth-order valence-corrected chi connectivity index (χ4v) is 2.04. The van der Waals surface area contributed by atoms with Crippen molar-refractivity contribution >= 4 is 0 Å². The van der Waals surface area contributed by atoms with Crippen LogP contribution in [0.1, 0.15) is 24.1 Å². The van der Waals surface area contributed by atoms with E-state index in [2.05, 4.69) is 23.3 Å². The molecule has 2 aromatic rings. The molecule has 1 N–H and O–H groups in total. The molecule has 0 bridgehead atoms. The molecule has 1 atom stereocenters. The van der Waals surface area contributed by atoms with Crippen molar-refractivity contribution in [3.63, 3.8) is 0 Å². The Morgan fingerprint density at radius 2 is 2.20 bits per heavy atom. The van der Waals surface area contributed by atoms with Crippen molar-refractivity contribution in [2.45, 2.75) is 19.4 Å². The zero-order valence-electron chi connectivity index (χ0n) is 11.8. The highest BCUT2D eigenvalue weighted by molar-refractivity contribution is 5.31. The van der Waals surface area contributed by atoms with Crippen molar-refractivity contribution in [2.24, 2.45) is 0 Å². The molecular formula is C16H19FN2O. The van der Waals surface area contributed by atoms with Crippen molar-refractivity contribution in [1.82, 2.24) is 10.3 Å². The fraction of sp³-hybridized carbons (Fsp3) is 0.312. The van der Waals surface area contributed by atoms with Crippen LogP contribution in [0.5, 0.6) is 5.75 Å². The monoisotopic (exact) mass is 274 g/mol. The summed E-state index contributed by atoms with van der Waals surface area (Å²) in [5, 5.41) is 3.41. The van der Waals surface area contributed by atoms with E-state index in [0.29, 0.717) is 0 Å². The molecule has 106 valence electrons. The van der Waals surface area contributed by atoms with Crippen LogP contribution in [0.2, 0.25) is 0 Å². The standard InChI is InChI=1S/C16H19FN2O/c1-12(14-5-6-15(17)16(10-14)20-2)19-9-7-13-4-3-8-18-11-13/h3-6,8,10-12,19H,7,9H2,1-2H3. The molecule has 3 nitrogen and oxygen atoms in total. The summed E-state index contributed by atoms with van der Waals surface area (Å²) in [4.78, 5) is 4.09. The maximum absolute atomic E-state index is 13.4. The summed E-state index contributed by atoms with van der Waals surface area (Å²) in [7, 11) is 1.47. The maximum Gasteiger partial charge on any atom is 0.165 e. The minimum absolute atomic E-state index is 0.140. The molecule has 1 heterocycles. The van der Waals surface area contributed by atoms with Gasteiger partial charge < -0.3 is 10.1 Å². The van der Waals surface area contributed by atoms with Gasteiger partial charge in [-0.05, 0) is 49.2 Å². The lowest BCUT2D eigenvalue weighted by molar-refractivity contribution is 0.385. The Labute approximate surface area is 118 Å². The first-order chi connectivity index (χ1) is 9.70. The molecule has 0 fully saturated rings. The minimum Gasteiger partial charge on any atom is -0.494 e. The van der Waals surface area contributed by atoms with Gasteiger partial charge in [-0.1, -0.05) is 12.1 Å². The van der Waals surface area contributed by atoms with Crippen molar-refractivity contribution in [2.75, 3.05) is 13.7 Å². The van der Waals surface area contributed by atoms with Gasteiger partial charge in [0.05, 0.1) is 7.11 Å². The highest BCUT2D eigenvalue weighted by Crippen LogP contribution is 2.22. The van der Waals surface area contributed by atoms with Gasteiger partial charge in [-0.25, -0.2) is 4.39 Å². The molecule has 0 radical (unpaired) electrons. The second kappa shape index (κ2) is 7.01. The molecular weight excluding hydrogens is 255 g/mol. The summed E-state index contributed by atoms with van der Waals surface area (Å²) in [6.45, 7) is 2.89. The largest absolute Gasteiger partial charge is 0.494 e. The summed E-state index contributed by atoms with van der Waals surface area (Å²) < 4.78 is 18.4. The highest BCUT2D eigenvalue weighted by atomic mass is 19.1. The topological polar surface area (TPSA) is 34.1 Å². The lowest BCUT2D eigenvalue weighted by Gasteiger charge is -2.15. The van der Waals surface area contributed by atoms with E-state index in [1.807, 2.05) is 12.3 Å². The van der Waals surface area contributed by atoms with Gasteiger partial charge in [-0.2, -0.15) is 0 Å². The quantitative estimate of drug-likeness (QED) is 0.878. The molecule has 0 aliphatic heterocycles. The lowest BCUT2D eigenvalue weighted by atomic mass is 10.1. The lowest BCUT2D eigenvalue weighted by Crippen LogP contribution is -2.21. The van der Waals surface area contributed by atoms with Crippen LogP contribution in [-0.2, 0) is 6.42 Å². The van der Waals surface area contributed by atoms with Crippen molar-refractivity contribution in [3.05, 3.63) is 59.7 Å². The van der Waals surface area contributed by atoms with Crippen LogP contribution < -0.4 is 10.1 Å². The molecule has 20 heavy (non-hydrogen) atoms. The van der Waals surface area contributed by atoms with Crippen LogP contribution in [-0.4, -0.2) is 18.6 Å². The van der Waals surface area contributed by atoms with Gasteiger partial charge in [0.25, 0.3) is 0 Å². The first-order valence-corrected chi connectivity index (χ1v) is 6.66. The van der Waals surface area contributed by atoms with E-state index in [0.717, 1.165) is 18.5 Å². The second-order valence-electron chi connectivity index (χ2n) is 4.68. The average Bonchev–Trinajstić information content (AvgIpc) is 2.48. The summed E-state index contributed by atoms with van der Waals surface area (Å²) in [6.07, 6.45) is 4.55. The summed E-state index contributed by atoms with van der Waals surface area (Å²) in [5.41, 5.74) is 2.21. The number of aromatic nitrogens is 1. The molecule has 1 unspecified atom stereocenters. The maximum atomic E-state index is 13.4. The van der Waals surface area contributed by atoms with E-state index < -0.39 is 0 Å². The third-order valence-electron chi connectivity index (χ3n) is 3.26. The highest BCUT2D eigenvalue weighted by Gasteiger charge is 2.09. The van der Waals surface area contributed by atoms with Gasteiger partial charge in [0.2, 0.25) is 0 Å². The molecule has 0 aliphatic carbocycles. The molecule has 2 rings (SSSR count). The van der Waals surface area contributed by atoms with Crippen LogP contribution in [0.3, 0.4) is 0 Å². The molecule has 0 aliphatic rings. The van der Waals surface area contributed by atoms with Crippen LogP contribution in [0, 0.1) is 5.82 Å². The van der Waals surface area contributed by atoms with E-state index in [1.54, 1.807) is 18.3 Å². The Hall–Kier alpha value is -1.94. The molecule has 1 aromatic carbocycles. The number of pyridine rings is 1. The normalized spacial score (nSPS) is 12.2. The second-order valence-corrected chi connectivity index (χ2v) is 4.68. The van der Waals surface area contributed by atoms with E-state index >= 15 is 0 Å². The molecule has 0 amide bonds. The van der Waals surface area contributed by atoms with Crippen molar-refractivity contribution in [1.29, 1.82) is 0 Å². The van der Waals surface area contributed by atoms with Crippen LogP contribution in [0.25, 0.3) is 0 Å². The Morgan fingerprint density at radius 1 is 1.35 bits per heavy atom. The van der Waals surface area contributed by atoms with Gasteiger partial charge in [-0.3, -0.25) is 4.98 Å². The number of nitrogens with one attached hydrogen (secondary N) is 1. The summed E-state index contributed by atoms with van der Waals surface area (Å²) in [6, 6.07) is 9.08. The molecule has 0 saturated heterocycles. The summed E-state index contributed by atoms with van der Waals surface area (Å²) in [5.74, 6) is -0.0535. The van der Waals surface area contributed by atoms with Gasteiger partial charge >= 0.3 is 0 Å². The van der Waals surface area contributed by atoms with Crippen LogP contribution >= 0.6 is 0 Å². The molecule has 1 aromatic heterocycles. The molecule has 0 spiro atoms. The number of hydrogen-bond acceptors (Lipinski definition) is 3. The van der Waals surface area contributed by atoms with Gasteiger partial charge in [0, 0.05) is 18.4 Å². The van der Waals surface area contributed by atoms with E-state index in [4.69, 9.17) is 4.74 Å². The first kappa shape index (κ1) is 14.5. The van der Waals surface area contributed by atoms with E-state index in [-0.39, 0.29) is 17.6 Å². The molecule has 0 saturated carbocycles. The zero-order valence-corrected chi connectivity index (χ0v) is 11.8. The third-order valence-corrected chi connectivity index (χ3v) is 3.26. The Bertz CT molecular complexity index is 545. The van der Waals surface area contributed by atoms with E-state index in [9.17, 15) is 4.39 Å². The van der Waals surface area contributed by atoms with Gasteiger partial charge in [-0.15, -0.1) is 0 Å². The number of ether oxygens (including phenoxy) is 1. The summed E-state index contributed by atoms with van der Waals surface area (Å²) >= 11 is 0. The predicted octanol–water partition coefficient (Wildman–Crippen LogP) is 3.12. The first-order valence-electron chi connectivity index (χ1n) is 6.66. The number of benzene rings is 1. The zero-order chi connectivity index (χ0) is 14.4. The van der Waals surface area contributed by atoms with Crippen LogP contribution in [0.4, 0.5) is 4.39 Å². The number of methoxy groups -OCH3 is 1.